The number of nitrogens with two attached hydrogens (primary N) is 1. The van der Waals surface area contributed by atoms with Crippen LogP contribution < -0.4 is 5.73 Å². The van der Waals surface area contributed by atoms with E-state index in [4.69, 9.17) is 5.73 Å². The number of amides is 1. The van der Waals surface area contributed by atoms with Gasteiger partial charge < -0.3 is 10.6 Å². The first kappa shape index (κ1) is 14.8. The topological polar surface area (TPSA) is 49.6 Å². The van der Waals surface area contributed by atoms with Gasteiger partial charge in [0.25, 0.3) is 0 Å². The normalized spacial score (nSPS) is 26.5. The highest BCUT2D eigenvalue weighted by molar-refractivity contribution is 5.82. The fraction of sp³-hybridized carbons (Fsp3) is 0.933. The van der Waals surface area contributed by atoms with Crippen molar-refractivity contribution in [3.63, 3.8) is 0 Å². The van der Waals surface area contributed by atoms with E-state index in [0.717, 1.165) is 52.1 Å². The zero-order valence-corrected chi connectivity index (χ0v) is 12.5. The highest BCUT2D eigenvalue weighted by Gasteiger charge is 2.52. The van der Waals surface area contributed by atoms with Crippen molar-refractivity contribution in [1.82, 2.24) is 9.80 Å². The van der Waals surface area contributed by atoms with E-state index >= 15 is 0 Å². The van der Waals surface area contributed by atoms with Gasteiger partial charge in [-0.3, -0.25) is 9.69 Å². The van der Waals surface area contributed by atoms with E-state index < -0.39 is 0 Å². The van der Waals surface area contributed by atoms with Crippen LogP contribution in [0.1, 0.15) is 39.5 Å². The first-order valence-electron chi connectivity index (χ1n) is 7.76. The van der Waals surface area contributed by atoms with E-state index in [1.165, 1.54) is 12.8 Å². The molecule has 4 heteroatoms. The van der Waals surface area contributed by atoms with E-state index in [1.807, 2.05) is 0 Å². The van der Waals surface area contributed by atoms with Crippen LogP contribution in [-0.4, -0.2) is 55.0 Å². The largest absolute Gasteiger partial charge is 0.340 e. The number of nitrogens with zero attached hydrogens (tertiary/aromatic N) is 2. The molecule has 2 N–H and O–H groups in total. The molecule has 0 bridgehead atoms. The third-order valence-electron chi connectivity index (χ3n) is 4.67. The average Bonchev–Trinajstić information content (AvgIpc) is 3.04. The van der Waals surface area contributed by atoms with Crippen LogP contribution in [0.3, 0.4) is 0 Å². The van der Waals surface area contributed by atoms with Gasteiger partial charge in [0.1, 0.15) is 0 Å². The molecule has 1 heterocycles. The summed E-state index contributed by atoms with van der Waals surface area (Å²) in [6.45, 7) is 10.3. The Labute approximate surface area is 117 Å². The molecule has 0 spiro atoms. The van der Waals surface area contributed by atoms with Crippen LogP contribution >= 0.6 is 0 Å². The lowest BCUT2D eigenvalue weighted by Crippen LogP contribution is -2.49. The maximum absolute atomic E-state index is 12.3. The summed E-state index contributed by atoms with van der Waals surface area (Å²) in [7, 11) is 0. The van der Waals surface area contributed by atoms with Crippen LogP contribution in [0.5, 0.6) is 0 Å². The number of hydrogen-bond acceptors (Lipinski definition) is 3. The maximum atomic E-state index is 12.3. The van der Waals surface area contributed by atoms with Gasteiger partial charge in [0.2, 0.25) is 5.91 Å². The van der Waals surface area contributed by atoms with Crippen LogP contribution in [-0.2, 0) is 4.79 Å². The standard InChI is InChI=1S/C15H29N3O/c1-15(2)12-13(15)14(19)18-10-8-17(9-11-18)7-5-3-4-6-16/h13H,3-12,16H2,1-2H3. The Morgan fingerprint density at radius 1 is 1.16 bits per heavy atom. The molecule has 110 valence electrons. The Balaban J connectivity index is 1.64. The van der Waals surface area contributed by atoms with Gasteiger partial charge in [-0.15, -0.1) is 0 Å². The van der Waals surface area contributed by atoms with Crippen LogP contribution in [0.2, 0.25) is 0 Å². The van der Waals surface area contributed by atoms with Crippen molar-refractivity contribution in [2.45, 2.75) is 39.5 Å². The van der Waals surface area contributed by atoms with Crippen LogP contribution in [0.25, 0.3) is 0 Å². The molecule has 1 aliphatic heterocycles. The molecule has 2 rings (SSSR count). The van der Waals surface area contributed by atoms with Gasteiger partial charge in [-0.2, -0.15) is 0 Å². The summed E-state index contributed by atoms with van der Waals surface area (Å²) < 4.78 is 0. The summed E-state index contributed by atoms with van der Waals surface area (Å²) in [6.07, 6.45) is 4.67. The molecule has 2 aliphatic rings. The third-order valence-corrected chi connectivity index (χ3v) is 4.67. The molecule has 1 unspecified atom stereocenters. The second-order valence-corrected chi connectivity index (χ2v) is 6.76. The Hall–Kier alpha value is -0.610. The molecule has 1 amide bonds. The SMILES string of the molecule is CC1(C)CC1C(=O)N1CCN(CCCCCN)CC1. The molecular formula is C15H29N3O. The van der Waals surface area contributed by atoms with E-state index in [2.05, 4.69) is 23.6 Å². The van der Waals surface area contributed by atoms with Gasteiger partial charge in [0.15, 0.2) is 0 Å². The number of carbonyl (C=O) groups is 1. The predicted octanol–water partition coefficient (Wildman–Crippen LogP) is 1.31. The molecule has 1 atom stereocenters. The summed E-state index contributed by atoms with van der Waals surface area (Å²) in [5.74, 6) is 0.691. The lowest BCUT2D eigenvalue weighted by molar-refractivity contribution is -0.135. The van der Waals surface area contributed by atoms with Gasteiger partial charge in [-0.25, -0.2) is 0 Å². The molecule has 0 aromatic carbocycles. The average molecular weight is 267 g/mol. The van der Waals surface area contributed by atoms with Crippen molar-refractivity contribution in [1.29, 1.82) is 0 Å². The lowest BCUT2D eigenvalue weighted by Gasteiger charge is -2.35. The molecule has 0 aromatic rings. The first-order valence-corrected chi connectivity index (χ1v) is 7.76. The number of hydrogen-bond donors (Lipinski definition) is 1. The molecule has 1 saturated heterocycles. The second kappa shape index (κ2) is 6.23. The summed E-state index contributed by atoms with van der Waals surface area (Å²) in [6, 6.07) is 0. The van der Waals surface area contributed by atoms with Crippen molar-refractivity contribution in [3.05, 3.63) is 0 Å². The minimum absolute atomic E-state index is 0.260. The molecule has 1 aliphatic carbocycles. The van der Waals surface area contributed by atoms with E-state index in [0.29, 0.717) is 11.8 Å². The smallest absolute Gasteiger partial charge is 0.226 e. The first-order chi connectivity index (χ1) is 9.04. The van der Waals surface area contributed by atoms with Crippen molar-refractivity contribution in [2.75, 3.05) is 39.3 Å². The zero-order valence-electron chi connectivity index (χ0n) is 12.5. The summed E-state index contributed by atoms with van der Waals surface area (Å²) in [4.78, 5) is 16.8. The van der Waals surface area contributed by atoms with Gasteiger partial charge in [0.05, 0.1) is 0 Å². The molecule has 2 fully saturated rings. The van der Waals surface area contributed by atoms with Gasteiger partial charge in [0, 0.05) is 32.1 Å². The number of rotatable bonds is 6. The minimum Gasteiger partial charge on any atom is -0.340 e. The summed E-state index contributed by atoms with van der Waals surface area (Å²) in [5, 5.41) is 0. The molecule has 4 nitrogen and oxygen atoms in total. The predicted molar refractivity (Wildman–Crippen MR) is 77.8 cm³/mol. The van der Waals surface area contributed by atoms with Crippen LogP contribution in [0.4, 0.5) is 0 Å². The van der Waals surface area contributed by atoms with Crippen molar-refractivity contribution < 1.29 is 4.79 Å². The zero-order chi connectivity index (χ0) is 13.9. The van der Waals surface area contributed by atoms with Crippen molar-refractivity contribution in [3.8, 4) is 0 Å². The summed E-state index contributed by atoms with van der Waals surface area (Å²) in [5.41, 5.74) is 5.76. The fourth-order valence-electron chi connectivity index (χ4n) is 2.96. The third kappa shape index (κ3) is 3.93. The van der Waals surface area contributed by atoms with Crippen molar-refractivity contribution in [2.24, 2.45) is 17.1 Å². The quantitative estimate of drug-likeness (QED) is 0.738. The molecular weight excluding hydrogens is 238 g/mol. The molecule has 19 heavy (non-hydrogen) atoms. The van der Waals surface area contributed by atoms with Gasteiger partial charge >= 0.3 is 0 Å². The highest BCUT2D eigenvalue weighted by Crippen LogP contribution is 2.52. The van der Waals surface area contributed by atoms with Crippen LogP contribution in [0.15, 0.2) is 0 Å². The van der Waals surface area contributed by atoms with Crippen molar-refractivity contribution >= 4 is 5.91 Å². The van der Waals surface area contributed by atoms with E-state index in [-0.39, 0.29) is 5.41 Å². The highest BCUT2D eigenvalue weighted by atomic mass is 16.2. The minimum atomic E-state index is 0.260. The van der Waals surface area contributed by atoms with E-state index in [1.54, 1.807) is 0 Å². The van der Waals surface area contributed by atoms with Gasteiger partial charge in [-0.1, -0.05) is 20.3 Å². The molecule has 0 radical (unpaired) electrons. The Bertz CT molecular complexity index is 309. The number of unbranched alkanes of at least 4 members (excludes halogenated alkanes) is 2. The number of piperazine rings is 1. The second-order valence-electron chi connectivity index (χ2n) is 6.76. The molecule has 1 saturated carbocycles. The Kier molecular flexibility index (Phi) is 4.85. The van der Waals surface area contributed by atoms with Crippen LogP contribution in [0, 0.1) is 11.3 Å². The maximum Gasteiger partial charge on any atom is 0.226 e. The van der Waals surface area contributed by atoms with Gasteiger partial charge in [-0.05, 0) is 37.8 Å². The monoisotopic (exact) mass is 267 g/mol. The number of carbonyl (C=O) groups excluding carboxylic acids is 1. The lowest BCUT2D eigenvalue weighted by atomic mass is 10.1. The Morgan fingerprint density at radius 2 is 1.79 bits per heavy atom. The Morgan fingerprint density at radius 3 is 2.32 bits per heavy atom. The molecule has 0 aromatic heterocycles. The fourth-order valence-corrected chi connectivity index (χ4v) is 2.96. The van der Waals surface area contributed by atoms with E-state index in [9.17, 15) is 4.79 Å². The summed E-state index contributed by atoms with van der Waals surface area (Å²) >= 11 is 0.